The normalized spacial score (nSPS) is 9.73. The van der Waals surface area contributed by atoms with Crippen LogP contribution in [-0.4, -0.2) is 18.2 Å². The van der Waals surface area contributed by atoms with Gasteiger partial charge in [-0.25, -0.2) is 0 Å². The molecule has 0 bridgehead atoms. The first-order valence-corrected chi connectivity index (χ1v) is 4.53. The van der Waals surface area contributed by atoms with Crippen molar-refractivity contribution in [2.24, 2.45) is 0 Å². The molecule has 1 rings (SSSR count). The van der Waals surface area contributed by atoms with Gasteiger partial charge in [0.2, 0.25) is 0 Å². The number of Topliss-reactive ketones (excluding diaryl/α,β-unsaturated/α-hetero) is 2. The molecule has 0 atom stereocenters. The van der Waals surface area contributed by atoms with E-state index in [9.17, 15) is 9.59 Å². The summed E-state index contributed by atoms with van der Waals surface area (Å²) < 4.78 is 5.14. The Kier molecular flexibility index (Phi) is 3.44. The summed E-state index contributed by atoms with van der Waals surface area (Å²) in [6.07, 6.45) is 0. The topological polar surface area (TPSA) is 69.4 Å². The molecule has 0 aromatic heterocycles. The van der Waals surface area contributed by atoms with E-state index in [1.54, 1.807) is 18.2 Å². The Labute approximate surface area is 88.0 Å². The van der Waals surface area contributed by atoms with E-state index in [1.807, 2.05) is 0 Å². The lowest BCUT2D eigenvalue weighted by atomic mass is 10.1. The zero-order valence-corrected chi connectivity index (χ0v) is 8.74. The van der Waals surface area contributed by atoms with Crippen LogP contribution in [0.1, 0.15) is 24.2 Å². The maximum absolute atomic E-state index is 11.1. The molecule has 4 heteroatoms. The van der Waals surface area contributed by atoms with Crippen LogP contribution >= 0.6 is 0 Å². The van der Waals surface area contributed by atoms with Crippen LogP contribution < -0.4 is 10.5 Å². The molecule has 0 saturated carbocycles. The average Bonchev–Trinajstić information content (AvgIpc) is 2.14. The molecule has 80 valence electrons. The van der Waals surface area contributed by atoms with Gasteiger partial charge in [-0.15, -0.1) is 0 Å². The number of carbonyl (C=O) groups excluding carboxylic acids is 2. The Bertz CT molecular complexity index is 399. The van der Waals surface area contributed by atoms with Gasteiger partial charge in [-0.3, -0.25) is 9.59 Å². The van der Waals surface area contributed by atoms with Crippen molar-refractivity contribution in [2.75, 3.05) is 12.3 Å². The highest BCUT2D eigenvalue weighted by molar-refractivity contribution is 5.99. The fraction of sp³-hybridized carbons (Fsp3) is 0.273. The quantitative estimate of drug-likeness (QED) is 0.599. The predicted octanol–water partition coefficient (Wildman–Crippen LogP) is 1.44. The van der Waals surface area contributed by atoms with Crippen LogP contribution in [-0.2, 0) is 4.79 Å². The molecule has 0 amide bonds. The maximum atomic E-state index is 11.1. The minimum absolute atomic E-state index is 0.0128. The number of nitrogen functional groups attached to an aromatic ring is 1. The summed E-state index contributed by atoms with van der Waals surface area (Å²) in [5.41, 5.74) is 6.47. The van der Waals surface area contributed by atoms with E-state index < -0.39 is 0 Å². The average molecular weight is 207 g/mol. The lowest BCUT2D eigenvalue weighted by molar-refractivity contribution is -0.118. The third-order valence-corrected chi connectivity index (χ3v) is 1.84. The number of rotatable bonds is 4. The molecule has 1 aromatic rings. The zero-order chi connectivity index (χ0) is 11.4. The van der Waals surface area contributed by atoms with E-state index >= 15 is 0 Å². The van der Waals surface area contributed by atoms with Gasteiger partial charge in [-0.05, 0) is 26.0 Å². The SMILES string of the molecule is CC(=O)COc1ccc(C(C)=O)c(N)c1. The van der Waals surface area contributed by atoms with Crippen molar-refractivity contribution in [3.05, 3.63) is 23.8 Å². The maximum Gasteiger partial charge on any atom is 0.167 e. The number of hydrogen-bond acceptors (Lipinski definition) is 4. The number of hydrogen-bond donors (Lipinski definition) is 1. The second-order valence-corrected chi connectivity index (χ2v) is 3.30. The van der Waals surface area contributed by atoms with Crippen molar-refractivity contribution in [2.45, 2.75) is 13.8 Å². The van der Waals surface area contributed by atoms with Gasteiger partial charge in [0, 0.05) is 17.3 Å². The molecular formula is C11H13NO3. The smallest absolute Gasteiger partial charge is 0.167 e. The van der Waals surface area contributed by atoms with E-state index in [0.29, 0.717) is 17.0 Å². The number of carbonyl (C=O) groups is 2. The number of benzene rings is 1. The molecule has 0 spiro atoms. The molecule has 0 radical (unpaired) electrons. The van der Waals surface area contributed by atoms with Crippen LogP contribution in [0.5, 0.6) is 5.75 Å². The lowest BCUT2D eigenvalue weighted by Crippen LogP contribution is -2.07. The van der Waals surface area contributed by atoms with Crippen LogP contribution in [0.4, 0.5) is 5.69 Å². The van der Waals surface area contributed by atoms with Crippen molar-refractivity contribution in [3.8, 4) is 5.75 Å². The fourth-order valence-corrected chi connectivity index (χ4v) is 1.14. The Balaban J connectivity index is 2.82. The Hall–Kier alpha value is -1.84. The molecule has 4 nitrogen and oxygen atoms in total. The highest BCUT2D eigenvalue weighted by atomic mass is 16.5. The molecule has 0 heterocycles. The predicted molar refractivity (Wildman–Crippen MR) is 57.0 cm³/mol. The molecule has 0 unspecified atom stereocenters. The molecule has 1 aromatic carbocycles. The summed E-state index contributed by atoms with van der Waals surface area (Å²) in [5.74, 6) is 0.336. The van der Waals surface area contributed by atoms with Crippen LogP contribution in [0.2, 0.25) is 0 Å². The van der Waals surface area contributed by atoms with Crippen LogP contribution in [0.3, 0.4) is 0 Å². The van der Waals surface area contributed by atoms with Crippen molar-refractivity contribution in [3.63, 3.8) is 0 Å². The van der Waals surface area contributed by atoms with Gasteiger partial charge in [0.1, 0.15) is 12.4 Å². The number of anilines is 1. The third kappa shape index (κ3) is 3.09. The van der Waals surface area contributed by atoms with E-state index in [0.717, 1.165) is 0 Å². The minimum Gasteiger partial charge on any atom is -0.486 e. The largest absolute Gasteiger partial charge is 0.486 e. The Morgan fingerprint density at radius 3 is 2.47 bits per heavy atom. The molecule has 2 N–H and O–H groups in total. The van der Waals surface area contributed by atoms with Gasteiger partial charge in [-0.2, -0.15) is 0 Å². The molecule has 0 aliphatic heterocycles. The third-order valence-electron chi connectivity index (χ3n) is 1.84. The highest BCUT2D eigenvalue weighted by Crippen LogP contribution is 2.20. The van der Waals surface area contributed by atoms with Crippen LogP contribution in [0, 0.1) is 0 Å². The summed E-state index contributed by atoms with van der Waals surface area (Å²) in [6.45, 7) is 2.90. The zero-order valence-electron chi connectivity index (χ0n) is 8.74. The summed E-state index contributed by atoms with van der Waals surface area (Å²) in [5, 5.41) is 0. The van der Waals surface area contributed by atoms with E-state index in [2.05, 4.69) is 0 Å². The molecule has 0 aliphatic carbocycles. The summed E-state index contributed by atoms with van der Waals surface area (Å²) in [6, 6.07) is 4.75. The van der Waals surface area contributed by atoms with Gasteiger partial charge < -0.3 is 10.5 Å². The van der Waals surface area contributed by atoms with Crippen molar-refractivity contribution in [1.29, 1.82) is 0 Å². The van der Waals surface area contributed by atoms with Crippen molar-refractivity contribution in [1.82, 2.24) is 0 Å². The first-order valence-electron chi connectivity index (χ1n) is 4.53. The molecule has 0 fully saturated rings. The van der Waals surface area contributed by atoms with Crippen LogP contribution in [0.25, 0.3) is 0 Å². The van der Waals surface area contributed by atoms with E-state index in [-0.39, 0.29) is 18.2 Å². The van der Waals surface area contributed by atoms with Gasteiger partial charge in [-0.1, -0.05) is 0 Å². The van der Waals surface area contributed by atoms with Gasteiger partial charge in [0.05, 0.1) is 0 Å². The monoisotopic (exact) mass is 207 g/mol. The molecule has 15 heavy (non-hydrogen) atoms. The number of nitrogens with two attached hydrogens (primary N) is 1. The second kappa shape index (κ2) is 4.59. The Morgan fingerprint density at radius 2 is 2.00 bits per heavy atom. The lowest BCUT2D eigenvalue weighted by Gasteiger charge is -2.06. The van der Waals surface area contributed by atoms with Crippen molar-refractivity contribution < 1.29 is 14.3 Å². The molecule has 0 aliphatic rings. The summed E-state index contributed by atoms with van der Waals surface area (Å²) in [7, 11) is 0. The second-order valence-electron chi connectivity index (χ2n) is 3.30. The first kappa shape index (κ1) is 11.2. The van der Waals surface area contributed by atoms with E-state index in [4.69, 9.17) is 10.5 Å². The fourth-order valence-electron chi connectivity index (χ4n) is 1.14. The summed E-state index contributed by atoms with van der Waals surface area (Å²) >= 11 is 0. The van der Waals surface area contributed by atoms with E-state index in [1.165, 1.54) is 13.8 Å². The summed E-state index contributed by atoms with van der Waals surface area (Å²) in [4.78, 5) is 21.7. The Morgan fingerprint density at radius 1 is 1.33 bits per heavy atom. The van der Waals surface area contributed by atoms with Crippen molar-refractivity contribution >= 4 is 17.3 Å². The minimum atomic E-state index is -0.0920. The highest BCUT2D eigenvalue weighted by Gasteiger charge is 2.06. The number of ether oxygens (including phenoxy) is 1. The van der Waals surface area contributed by atoms with Gasteiger partial charge >= 0.3 is 0 Å². The first-order chi connectivity index (χ1) is 7.00. The van der Waals surface area contributed by atoms with Gasteiger partial charge in [0.25, 0.3) is 0 Å². The standard InChI is InChI=1S/C11H13NO3/c1-7(13)6-15-9-3-4-10(8(2)14)11(12)5-9/h3-5H,6,12H2,1-2H3. The molecular weight excluding hydrogens is 194 g/mol. The van der Waals surface area contributed by atoms with Gasteiger partial charge in [0.15, 0.2) is 11.6 Å². The number of ketones is 2. The van der Waals surface area contributed by atoms with Crippen LogP contribution in [0.15, 0.2) is 18.2 Å². The molecule has 0 saturated heterocycles.